The number of aromatic nitrogens is 1. The maximum atomic E-state index is 4.47. The Kier molecular flexibility index (Phi) is 10.3. The van der Waals surface area contributed by atoms with Crippen molar-refractivity contribution in [2.24, 2.45) is 10.4 Å². The van der Waals surface area contributed by atoms with E-state index in [0.717, 1.165) is 36.0 Å². The van der Waals surface area contributed by atoms with E-state index in [0.29, 0.717) is 11.5 Å². The minimum Gasteiger partial charge on any atom is -0.356 e. The number of aliphatic imine (C=N–C) groups is 1. The van der Waals surface area contributed by atoms with Gasteiger partial charge in [0.1, 0.15) is 0 Å². The highest BCUT2D eigenvalue weighted by Gasteiger charge is 2.13. The van der Waals surface area contributed by atoms with Crippen LogP contribution >= 0.6 is 35.3 Å². The molecule has 1 aromatic rings. The molecule has 0 saturated carbocycles. The van der Waals surface area contributed by atoms with Crippen LogP contribution in [0.4, 0.5) is 0 Å². The van der Waals surface area contributed by atoms with Gasteiger partial charge in [0.2, 0.25) is 0 Å². The molecule has 0 aromatic carbocycles. The smallest absolute Gasteiger partial charge is 0.191 e. The van der Waals surface area contributed by atoms with E-state index in [-0.39, 0.29) is 24.0 Å². The second-order valence-corrected chi connectivity index (χ2v) is 8.42. The Labute approximate surface area is 163 Å². The van der Waals surface area contributed by atoms with Crippen LogP contribution in [-0.2, 0) is 6.42 Å². The van der Waals surface area contributed by atoms with Gasteiger partial charge in [-0.1, -0.05) is 20.8 Å². The van der Waals surface area contributed by atoms with Crippen molar-refractivity contribution in [3.63, 3.8) is 0 Å². The molecule has 0 radical (unpaired) electrons. The number of nitrogens with one attached hydrogen (secondary N) is 2. The van der Waals surface area contributed by atoms with E-state index in [4.69, 9.17) is 0 Å². The Morgan fingerprint density at radius 1 is 1.30 bits per heavy atom. The molecular weight excluding hydrogens is 419 g/mol. The molecule has 1 heterocycles. The minimum absolute atomic E-state index is 0. The number of nitrogens with zero attached hydrogens (tertiary/aromatic N) is 2. The highest BCUT2D eigenvalue weighted by Crippen LogP contribution is 2.21. The molecule has 0 fully saturated rings. The van der Waals surface area contributed by atoms with Crippen LogP contribution in [0.3, 0.4) is 0 Å². The fourth-order valence-electron chi connectivity index (χ4n) is 2.25. The first-order chi connectivity index (χ1) is 10.2. The van der Waals surface area contributed by atoms with Crippen molar-refractivity contribution in [3.05, 3.63) is 15.6 Å². The van der Waals surface area contributed by atoms with Crippen LogP contribution in [0.15, 0.2) is 4.99 Å². The predicted octanol–water partition coefficient (Wildman–Crippen LogP) is 4.30. The summed E-state index contributed by atoms with van der Waals surface area (Å²) in [6.45, 7) is 14.1. The van der Waals surface area contributed by atoms with Crippen molar-refractivity contribution in [1.82, 2.24) is 15.6 Å². The zero-order valence-corrected chi connectivity index (χ0v) is 18.8. The fourth-order valence-corrected chi connectivity index (χ4v) is 3.19. The number of hydrogen-bond donors (Lipinski definition) is 2. The molecule has 4 nitrogen and oxygen atoms in total. The van der Waals surface area contributed by atoms with E-state index in [9.17, 15) is 0 Å². The fraction of sp³-hybridized carbons (Fsp3) is 0.765. The zero-order valence-electron chi connectivity index (χ0n) is 15.6. The molecular formula is C17H33IN4S. The normalized spacial score (nSPS) is 13.4. The van der Waals surface area contributed by atoms with Crippen LogP contribution < -0.4 is 10.6 Å². The minimum atomic E-state index is 0. The van der Waals surface area contributed by atoms with Crippen molar-refractivity contribution in [3.8, 4) is 0 Å². The topological polar surface area (TPSA) is 49.3 Å². The van der Waals surface area contributed by atoms with Crippen molar-refractivity contribution in [1.29, 1.82) is 0 Å². The van der Waals surface area contributed by atoms with Crippen LogP contribution in [0.5, 0.6) is 0 Å². The quantitative estimate of drug-likeness (QED) is 0.385. The monoisotopic (exact) mass is 452 g/mol. The highest BCUT2D eigenvalue weighted by molar-refractivity contribution is 14.0. The summed E-state index contributed by atoms with van der Waals surface area (Å²) < 4.78 is 0. The van der Waals surface area contributed by atoms with Gasteiger partial charge in [-0.2, -0.15) is 0 Å². The van der Waals surface area contributed by atoms with E-state index >= 15 is 0 Å². The molecule has 1 atom stereocenters. The molecule has 0 aliphatic rings. The first-order valence-corrected chi connectivity index (χ1v) is 8.93. The summed E-state index contributed by atoms with van der Waals surface area (Å²) in [6, 6.07) is 0.429. The second-order valence-electron chi connectivity index (χ2n) is 7.14. The van der Waals surface area contributed by atoms with Crippen LogP contribution in [-0.4, -0.2) is 30.6 Å². The lowest BCUT2D eigenvalue weighted by Gasteiger charge is -2.23. The Bertz CT molecular complexity index is 491. The first kappa shape index (κ1) is 22.6. The Morgan fingerprint density at radius 3 is 2.43 bits per heavy atom. The third-order valence-electron chi connectivity index (χ3n) is 3.58. The molecule has 0 spiro atoms. The summed E-state index contributed by atoms with van der Waals surface area (Å²) in [5, 5.41) is 8.02. The van der Waals surface area contributed by atoms with Crippen molar-refractivity contribution >= 4 is 41.3 Å². The number of aryl methyl sites for hydroxylation is 2. The molecule has 134 valence electrons. The molecule has 2 N–H and O–H groups in total. The van der Waals surface area contributed by atoms with Gasteiger partial charge in [-0.15, -0.1) is 35.3 Å². The predicted molar refractivity (Wildman–Crippen MR) is 113 cm³/mol. The summed E-state index contributed by atoms with van der Waals surface area (Å²) >= 11 is 1.79. The van der Waals surface area contributed by atoms with Gasteiger partial charge in [0.25, 0.3) is 0 Å². The number of thiazole rings is 1. The Hall–Kier alpha value is -0.370. The summed E-state index contributed by atoms with van der Waals surface area (Å²) in [4.78, 5) is 10.1. The van der Waals surface area contributed by atoms with Crippen LogP contribution in [0.2, 0.25) is 0 Å². The van der Waals surface area contributed by atoms with Crippen LogP contribution in [0.1, 0.15) is 56.1 Å². The van der Waals surface area contributed by atoms with Gasteiger partial charge in [-0.05, 0) is 39.0 Å². The summed E-state index contributed by atoms with van der Waals surface area (Å²) in [5.41, 5.74) is 1.54. The number of hydrogen-bond acceptors (Lipinski definition) is 3. The molecule has 0 aliphatic heterocycles. The second kappa shape index (κ2) is 10.5. The van der Waals surface area contributed by atoms with Crippen molar-refractivity contribution in [2.75, 3.05) is 13.6 Å². The first-order valence-electron chi connectivity index (χ1n) is 8.11. The van der Waals surface area contributed by atoms with E-state index in [1.54, 1.807) is 11.3 Å². The average Bonchev–Trinajstić information content (AvgIpc) is 2.73. The summed E-state index contributed by atoms with van der Waals surface area (Å²) in [5.74, 6) is 0.889. The molecule has 1 aromatic heterocycles. The maximum absolute atomic E-state index is 4.47. The highest BCUT2D eigenvalue weighted by atomic mass is 127. The molecule has 0 aliphatic carbocycles. The van der Waals surface area contributed by atoms with E-state index in [1.165, 1.54) is 11.3 Å². The third kappa shape index (κ3) is 9.49. The van der Waals surface area contributed by atoms with Crippen LogP contribution in [0.25, 0.3) is 0 Å². The van der Waals surface area contributed by atoms with Gasteiger partial charge in [0.05, 0.1) is 10.7 Å². The molecule has 1 rings (SSSR count). The number of guanidine groups is 1. The lowest BCUT2D eigenvalue weighted by atomic mass is 9.89. The van der Waals surface area contributed by atoms with Gasteiger partial charge in [-0.3, -0.25) is 4.99 Å². The lowest BCUT2D eigenvalue weighted by molar-refractivity contribution is 0.346. The van der Waals surface area contributed by atoms with Gasteiger partial charge in [-0.25, -0.2) is 4.98 Å². The SMILES string of the molecule is CN=C(NCCc1sc(C)nc1C)NC(C)CCC(C)(C)C.I. The largest absolute Gasteiger partial charge is 0.356 e. The molecule has 6 heteroatoms. The van der Waals surface area contributed by atoms with Gasteiger partial charge in [0.15, 0.2) is 5.96 Å². The standard InChI is InChI=1S/C17H32N4S.HI/c1-12(8-10-17(4,5)6)20-16(18-7)19-11-9-15-13(2)21-14(3)22-15;/h12H,8-11H2,1-7H3,(H2,18,19,20);1H. The Balaban J connectivity index is 0.00000484. The zero-order chi connectivity index (χ0) is 16.8. The van der Waals surface area contributed by atoms with E-state index in [2.05, 4.69) is 62.2 Å². The van der Waals surface area contributed by atoms with Crippen molar-refractivity contribution < 1.29 is 0 Å². The molecule has 0 saturated heterocycles. The van der Waals surface area contributed by atoms with Crippen molar-refractivity contribution in [2.45, 2.75) is 66.8 Å². The number of halogens is 1. The molecule has 1 unspecified atom stereocenters. The Morgan fingerprint density at radius 2 is 1.96 bits per heavy atom. The maximum Gasteiger partial charge on any atom is 0.191 e. The van der Waals surface area contributed by atoms with Gasteiger partial charge in [0, 0.05) is 30.9 Å². The third-order valence-corrected chi connectivity index (χ3v) is 4.71. The van der Waals surface area contributed by atoms with Crippen LogP contribution in [0, 0.1) is 19.3 Å². The summed E-state index contributed by atoms with van der Waals surface area (Å²) in [7, 11) is 1.83. The number of rotatable bonds is 6. The van der Waals surface area contributed by atoms with E-state index < -0.39 is 0 Å². The molecule has 23 heavy (non-hydrogen) atoms. The molecule has 0 bridgehead atoms. The summed E-state index contributed by atoms with van der Waals surface area (Å²) in [6.07, 6.45) is 3.35. The lowest BCUT2D eigenvalue weighted by Crippen LogP contribution is -2.43. The molecule has 0 amide bonds. The van der Waals surface area contributed by atoms with Gasteiger partial charge < -0.3 is 10.6 Å². The average molecular weight is 452 g/mol. The van der Waals surface area contributed by atoms with Gasteiger partial charge >= 0.3 is 0 Å². The van der Waals surface area contributed by atoms with E-state index in [1.807, 2.05) is 7.05 Å².